The first kappa shape index (κ1) is 17.9. The topological polar surface area (TPSA) is 0 Å². The van der Waals surface area contributed by atoms with Gasteiger partial charge in [-0.2, -0.15) is 0 Å². The van der Waals surface area contributed by atoms with Crippen molar-refractivity contribution in [2.75, 3.05) is 0 Å². The highest BCUT2D eigenvalue weighted by molar-refractivity contribution is 5.86. The Labute approximate surface area is 173 Å². The van der Waals surface area contributed by atoms with E-state index in [4.69, 9.17) is 0 Å². The molecule has 0 spiro atoms. The molecule has 4 aromatic rings. The summed E-state index contributed by atoms with van der Waals surface area (Å²) in [5.41, 5.74) is 11.1. The molecule has 0 unspecified atom stereocenters. The lowest BCUT2D eigenvalue weighted by atomic mass is 9.73. The Morgan fingerprint density at radius 1 is 0.483 bits per heavy atom. The van der Waals surface area contributed by atoms with Gasteiger partial charge in [-0.3, -0.25) is 0 Å². The summed E-state index contributed by atoms with van der Waals surface area (Å²) in [4.78, 5) is 0. The molecule has 0 N–H and O–H groups in total. The van der Waals surface area contributed by atoms with Crippen LogP contribution in [-0.4, -0.2) is 0 Å². The average Bonchev–Trinajstić information content (AvgIpc) is 3.09. The van der Waals surface area contributed by atoms with Gasteiger partial charge in [-0.05, 0) is 69.5 Å². The fourth-order valence-corrected chi connectivity index (χ4v) is 5.13. The predicted octanol–water partition coefficient (Wildman–Crippen LogP) is 8.11. The first-order chi connectivity index (χ1) is 14.3. The van der Waals surface area contributed by atoms with Crippen LogP contribution in [0.15, 0.2) is 97.1 Å². The van der Waals surface area contributed by atoms with E-state index in [1.807, 2.05) is 0 Å². The standard InChI is InChI=1S/C29H26/c1-3-29(4-2)27-19-23(21-11-7-5-8-12-21)15-17-25(27)26-18-16-24(20-28(26)29)22-13-9-6-10-14-22/h5-20H,3-4H2,1-2H3. The largest absolute Gasteiger partial charge is 0.0642 e. The van der Waals surface area contributed by atoms with Gasteiger partial charge in [0.2, 0.25) is 0 Å². The first-order valence-corrected chi connectivity index (χ1v) is 10.7. The van der Waals surface area contributed by atoms with E-state index in [1.165, 1.54) is 44.5 Å². The molecule has 5 rings (SSSR count). The molecule has 0 fully saturated rings. The van der Waals surface area contributed by atoms with Crippen molar-refractivity contribution < 1.29 is 0 Å². The van der Waals surface area contributed by atoms with Crippen LogP contribution in [0.2, 0.25) is 0 Å². The van der Waals surface area contributed by atoms with E-state index in [0.29, 0.717) is 0 Å². The molecule has 0 atom stereocenters. The van der Waals surface area contributed by atoms with E-state index >= 15 is 0 Å². The van der Waals surface area contributed by atoms with Gasteiger partial charge in [0.15, 0.2) is 0 Å². The van der Waals surface area contributed by atoms with Crippen molar-refractivity contribution in [3.8, 4) is 33.4 Å². The maximum Gasteiger partial charge on any atom is 0.0210 e. The molecule has 0 heterocycles. The Morgan fingerprint density at radius 2 is 0.897 bits per heavy atom. The first-order valence-electron chi connectivity index (χ1n) is 10.7. The van der Waals surface area contributed by atoms with Gasteiger partial charge in [0.05, 0.1) is 0 Å². The number of fused-ring (bicyclic) bond motifs is 3. The highest BCUT2D eigenvalue weighted by atomic mass is 14.4. The fourth-order valence-electron chi connectivity index (χ4n) is 5.13. The molecule has 0 saturated carbocycles. The molecule has 0 aromatic heterocycles. The van der Waals surface area contributed by atoms with Crippen molar-refractivity contribution >= 4 is 0 Å². The molecular weight excluding hydrogens is 348 g/mol. The van der Waals surface area contributed by atoms with Crippen LogP contribution < -0.4 is 0 Å². The molecule has 0 radical (unpaired) electrons. The predicted molar refractivity (Wildman–Crippen MR) is 124 cm³/mol. The number of rotatable bonds is 4. The Morgan fingerprint density at radius 3 is 1.28 bits per heavy atom. The summed E-state index contributed by atoms with van der Waals surface area (Å²) in [5.74, 6) is 0. The van der Waals surface area contributed by atoms with Gasteiger partial charge in [-0.25, -0.2) is 0 Å². The van der Waals surface area contributed by atoms with E-state index in [9.17, 15) is 0 Å². The summed E-state index contributed by atoms with van der Waals surface area (Å²) in [6.45, 7) is 4.68. The van der Waals surface area contributed by atoms with Gasteiger partial charge in [0, 0.05) is 5.41 Å². The maximum atomic E-state index is 2.44. The van der Waals surface area contributed by atoms with Crippen LogP contribution in [0.4, 0.5) is 0 Å². The fraction of sp³-hybridized carbons (Fsp3) is 0.172. The monoisotopic (exact) mass is 374 g/mol. The SMILES string of the molecule is CCC1(CC)c2cc(-c3ccccc3)ccc2-c2ccc(-c3ccccc3)cc21. The zero-order chi connectivity index (χ0) is 19.8. The molecule has 1 aliphatic rings. The maximum absolute atomic E-state index is 2.44. The van der Waals surface area contributed by atoms with Crippen LogP contribution in [0.3, 0.4) is 0 Å². The molecule has 1 aliphatic carbocycles. The summed E-state index contributed by atoms with van der Waals surface area (Å²) in [5, 5.41) is 0. The van der Waals surface area contributed by atoms with Gasteiger partial charge in [-0.15, -0.1) is 0 Å². The van der Waals surface area contributed by atoms with E-state index in [1.54, 1.807) is 0 Å². The van der Waals surface area contributed by atoms with Crippen molar-refractivity contribution in [1.29, 1.82) is 0 Å². The quantitative estimate of drug-likeness (QED) is 0.338. The number of benzene rings is 4. The Hall–Kier alpha value is -3.12. The third-order valence-corrected chi connectivity index (χ3v) is 6.78. The second-order valence-corrected chi connectivity index (χ2v) is 8.04. The Balaban J connectivity index is 1.71. The molecule has 0 nitrogen and oxygen atoms in total. The Kier molecular flexibility index (Phi) is 4.36. The normalized spacial score (nSPS) is 13.7. The third kappa shape index (κ3) is 2.75. The molecule has 0 saturated heterocycles. The number of hydrogen-bond donors (Lipinski definition) is 0. The van der Waals surface area contributed by atoms with Crippen LogP contribution >= 0.6 is 0 Å². The molecular formula is C29H26. The van der Waals surface area contributed by atoms with Gasteiger partial charge < -0.3 is 0 Å². The number of hydrogen-bond acceptors (Lipinski definition) is 0. The van der Waals surface area contributed by atoms with Crippen LogP contribution in [0.1, 0.15) is 37.8 Å². The molecule has 0 bridgehead atoms. The summed E-state index contributed by atoms with van der Waals surface area (Å²) in [7, 11) is 0. The average molecular weight is 375 g/mol. The summed E-state index contributed by atoms with van der Waals surface area (Å²) in [6, 6.07) is 35.6. The van der Waals surface area contributed by atoms with Gasteiger partial charge in [0.25, 0.3) is 0 Å². The second-order valence-electron chi connectivity index (χ2n) is 8.04. The van der Waals surface area contributed by atoms with E-state index in [2.05, 4.69) is 111 Å². The molecule has 29 heavy (non-hydrogen) atoms. The van der Waals surface area contributed by atoms with E-state index < -0.39 is 0 Å². The highest BCUT2D eigenvalue weighted by Gasteiger charge is 2.40. The molecule has 4 aromatic carbocycles. The van der Waals surface area contributed by atoms with Crippen LogP contribution in [-0.2, 0) is 5.41 Å². The van der Waals surface area contributed by atoms with Crippen molar-refractivity contribution in [1.82, 2.24) is 0 Å². The third-order valence-electron chi connectivity index (χ3n) is 6.78. The zero-order valence-electron chi connectivity index (χ0n) is 17.2. The van der Waals surface area contributed by atoms with Crippen LogP contribution in [0.5, 0.6) is 0 Å². The van der Waals surface area contributed by atoms with Crippen LogP contribution in [0, 0.1) is 0 Å². The lowest BCUT2D eigenvalue weighted by Crippen LogP contribution is -2.23. The molecule has 142 valence electrons. The van der Waals surface area contributed by atoms with Gasteiger partial charge in [-0.1, -0.05) is 98.8 Å². The summed E-state index contributed by atoms with van der Waals surface area (Å²) in [6.07, 6.45) is 2.22. The van der Waals surface area contributed by atoms with E-state index in [-0.39, 0.29) is 5.41 Å². The minimum absolute atomic E-state index is 0.0836. The Bertz CT molecular complexity index is 1060. The van der Waals surface area contributed by atoms with Gasteiger partial charge >= 0.3 is 0 Å². The smallest absolute Gasteiger partial charge is 0.0210 e. The highest BCUT2D eigenvalue weighted by Crippen LogP contribution is 2.54. The lowest BCUT2D eigenvalue weighted by Gasteiger charge is -2.30. The van der Waals surface area contributed by atoms with Crippen molar-refractivity contribution in [2.24, 2.45) is 0 Å². The minimum Gasteiger partial charge on any atom is -0.0642 e. The molecule has 0 heteroatoms. The van der Waals surface area contributed by atoms with Crippen molar-refractivity contribution in [3.63, 3.8) is 0 Å². The molecule has 0 aliphatic heterocycles. The van der Waals surface area contributed by atoms with Crippen molar-refractivity contribution in [3.05, 3.63) is 108 Å². The van der Waals surface area contributed by atoms with Crippen molar-refractivity contribution in [2.45, 2.75) is 32.1 Å². The summed E-state index contributed by atoms with van der Waals surface area (Å²) >= 11 is 0. The van der Waals surface area contributed by atoms with Crippen LogP contribution in [0.25, 0.3) is 33.4 Å². The summed E-state index contributed by atoms with van der Waals surface area (Å²) < 4.78 is 0. The second kappa shape index (κ2) is 7.04. The lowest BCUT2D eigenvalue weighted by molar-refractivity contribution is 0.491. The minimum atomic E-state index is 0.0836. The zero-order valence-corrected chi connectivity index (χ0v) is 17.2. The molecule has 0 amide bonds. The van der Waals surface area contributed by atoms with Gasteiger partial charge in [0.1, 0.15) is 0 Å². The van der Waals surface area contributed by atoms with E-state index in [0.717, 1.165) is 12.8 Å².